The number of benzene rings is 1. The molecule has 18 heavy (non-hydrogen) atoms. The highest BCUT2D eigenvalue weighted by Gasteiger charge is 2.01. The summed E-state index contributed by atoms with van der Waals surface area (Å²) in [6.07, 6.45) is 3.14. The maximum Gasteiger partial charge on any atom is 0.237 e. The van der Waals surface area contributed by atoms with Gasteiger partial charge in [-0.25, -0.2) is 4.98 Å². The van der Waals surface area contributed by atoms with Gasteiger partial charge in [0.05, 0.1) is 30.6 Å². The zero-order valence-corrected chi connectivity index (χ0v) is 10.7. The van der Waals surface area contributed by atoms with Crippen molar-refractivity contribution >= 4 is 11.6 Å². The number of rotatable bonds is 5. The van der Waals surface area contributed by atoms with Crippen molar-refractivity contribution in [1.82, 2.24) is 9.97 Å². The summed E-state index contributed by atoms with van der Waals surface area (Å²) in [5.74, 6) is 2.19. The molecule has 5 heteroatoms. The molecular formula is C13H13ClN2O2. The van der Waals surface area contributed by atoms with E-state index in [-0.39, 0.29) is 0 Å². The van der Waals surface area contributed by atoms with Gasteiger partial charge in [0.25, 0.3) is 0 Å². The first-order chi connectivity index (χ1) is 8.81. The molecule has 94 valence electrons. The second kappa shape index (κ2) is 6.21. The van der Waals surface area contributed by atoms with Gasteiger partial charge >= 0.3 is 0 Å². The summed E-state index contributed by atoms with van der Waals surface area (Å²) in [4.78, 5) is 8.21. The molecule has 4 nitrogen and oxygen atoms in total. The molecule has 0 aliphatic carbocycles. The number of alkyl halides is 1. The van der Waals surface area contributed by atoms with E-state index in [1.54, 1.807) is 18.5 Å². The average Bonchev–Trinajstić information content (AvgIpc) is 2.40. The van der Waals surface area contributed by atoms with Gasteiger partial charge in [-0.1, -0.05) is 6.07 Å². The topological polar surface area (TPSA) is 44.2 Å². The summed E-state index contributed by atoms with van der Waals surface area (Å²) in [6, 6.07) is 7.37. The Hall–Kier alpha value is -1.81. The molecule has 0 fully saturated rings. The minimum Gasteiger partial charge on any atom is -0.494 e. The molecule has 1 heterocycles. The van der Waals surface area contributed by atoms with Gasteiger partial charge in [0.2, 0.25) is 5.88 Å². The normalized spacial score (nSPS) is 10.1. The fraction of sp³-hybridized carbons (Fsp3) is 0.231. The third-order valence-electron chi connectivity index (χ3n) is 2.16. The zero-order chi connectivity index (χ0) is 12.8. The van der Waals surface area contributed by atoms with Crippen LogP contribution >= 0.6 is 11.6 Å². The van der Waals surface area contributed by atoms with Gasteiger partial charge in [0.1, 0.15) is 11.5 Å². The van der Waals surface area contributed by atoms with Crippen molar-refractivity contribution in [2.75, 3.05) is 6.61 Å². The van der Waals surface area contributed by atoms with Crippen molar-refractivity contribution in [3.63, 3.8) is 0 Å². The lowest BCUT2D eigenvalue weighted by atomic mass is 10.3. The van der Waals surface area contributed by atoms with E-state index in [1.807, 2.05) is 25.1 Å². The van der Waals surface area contributed by atoms with Gasteiger partial charge in [-0.05, 0) is 19.1 Å². The van der Waals surface area contributed by atoms with Crippen molar-refractivity contribution in [2.24, 2.45) is 0 Å². The van der Waals surface area contributed by atoms with Crippen molar-refractivity contribution in [1.29, 1.82) is 0 Å². The molecule has 0 amide bonds. The Labute approximate surface area is 111 Å². The number of hydrogen-bond acceptors (Lipinski definition) is 4. The first kappa shape index (κ1) is 12.6. The fourth-order valence-electron chi connectivity index (χ4n) is 1.38. The second-order valence-electron chi connectivity index (χ2n) is 3.49. The van der Waals surface area contributed by atoms with E-state index >= 15 is 0 Å². The third kappa shape index (κ3) is 3.34. The lowest BCUT2D eigenvalue weighted by molar-refractivity contribution is 0.338. The number of nitrogens with zero attached hydrogens (tertiary/aromatic N) is 2. The van der Waals surface area contributed by atoms with Crippen LogP contribution in [0, 0.1) is 0 Å². The molecule has 1 aromatic heterocycles. The van der Waals surface area contributed by atoms with Crippen LogP contribution in [0.1, 0.15) is 12.6 Å². The maximum atomic E-state index is 5.64. The predicted molar refractivity (Wildman–Crippen MR) is 69.3 cm³/mol. The quantitative estimate of drug-likeness (QED) is 0.777. The molecule has 0 atom stereocenters. The predicted octanol–water partition coefficient (Wildman–Crippen LogP) is 3.41. The molecule has 0 aliphatic heterocycles. The van der Waals surface area contributed by atoms with Gasteiger partial charge in [-0.15, -0.1) is 11.6 Å². The molecule has 0 spiro atoms. The van der Waals surface area contributed by atoms with E-state index < -0.39 is 0 Å². The first-order valence-electron chi connectivity index (χ1n) is 5.59. The SMILES string of the molecule is CCOc1cccc(Oc2cnc(CCl)cn2)c1. The summed E-state index contributed by atoms with van der Waals surface area (Å²) in [6.45, 7) is 2.55. The Morgan fingerprint density at radius 1 is 1.17 bits per heavy atom. The van der Waals surface area contributed by atoms with Crippen LogP contribution < -0.4 is 9.47 Å². The molecule has 0 bridgehead atoms. The Morgan fingerprint density at radius 2 is 2.00 bits per heavy atom. The summed E-state index contributed by atoms with van der Waals surface area (Å²) in [5.41, 5.74) is 0.715. The molecule has 1 aromatic carbocycles. The fourth-order valence-corrected chi connectivity index (χ4v) is 1.52. The molecule has 0 radical (unpaired) electrons. The standard InChI is InChI=1S/C13H13ClN2O2/c1-2-17-11-4-3-5-12(6-11)18-13-9-15-10(7-14)8-16-13/h3-6,8-9H,2,7H2,1H3. The van der Waals surface area contributed by atoms with E-state index in [0.29, 0.717) is 29.8 Å². The van der Waals surface area contributed by atoms with E-state index in [4.69, 9.17) is 21.1 Å². The monoisotopic (exact) mass is 264 g/mol. The minimum atomic E-state index is 0.340. The third-order valence-corrected chi connectivity index (χ3v) is 2.43. The van der Waals surface area contributed by atoms with Crippen LogP contribution in [-0.4, -0.2) is 16.6 Å². The highest BCUT2D eigenvalue weighted by molar-refractivity contribution is 6.16. The Balaban J connectivity index is 2.09. The molecule has 0 saturated heterocycles. The van der Waals surface area contributed by atoms with Gasteiger partial charge in [0, 0.05) is 6.07 Å². The highest BCUT2D eigenvalue weighted by atomic mass is 35.5. The summed E-state index contributed by atoms with van der Waals surface area (Å²) < 4.78 is 11.0. The average molecular weight is 265 g/mol. The van der Waals surface area contributed by atoms with Gasteiger partial charge in [-0.2, -0.15) is 0 Å². The molecule has 0 saturated carbocycles. The van der Waals surface area contributed by atoms with Crippen LogP contribution in [0.4, 0.5) is 0 Å². The van der Waals surface area contributed by atoms with E-state index in [0.717, 1.165) is 5.75 Å². The second-order valence-corrected chi connectivity index (χ2v) is 3.76. The van der Waals surface area contributed by atoms with Crippen LogP contribution in [0.5, 0.6) is 17.4 Å². The van der Waals surface area contributed by atoms with Gasteiger partial charge in [-0.3, -0.25) is 4.98 Å². The van der Waals surface area contributed by atoms with Crippen molar-refractivity contribution < 1.29 is 9.47 Å². The molecule has 2 rings (SSSR count). The number of halogens is 1. The summed E-state index contributed by atoms with van der Waals surface area (Å²) in [7, 11) is 0. The summed E-state index contributed by atoms with van der Waals surface area (Å²) in [5, 5.41) is 0. The molecular weight excluding hydrogens is 252 g/mol. The van der Waals surface area contributed by atoms with Crippen LogP contribution in [0.15, 0.2) is 36.7 Å². The Kier molecular flexibility index (Phi) is 4.36. The lowest BCUT2D eigenvalue weighted by Gasteiger charge is -2.07. The van der Waals surface area contributed by atoms with Gasteiger partial charge < -0.3 is 9.47 Å². The van der Waals surface area contributed by atoms with E-state index in [9.17, 15) is 0 Å². The largest absolute Gasteiger partial charge is 0.494 e. The number of aromatic nitrogens is 2. The molecule has 0 unspecified atom stereocenters. The van der Waals surface area contributed by atoms with Crippen LogP contribution in [-0.2, 0) is 5.88 Å². The smallest absolute Gasteiger partial charge is 0.237 e. The first-order valence-corrected chi connectivity index (χ1v) is 6.13. The van der Waals surface area contributed by atoms with Gasteiger partial charge in [0.15, 0.2) is 0 Å². The lowest BCUT2D eigenvalue weighted by Crippen LogP contribution is -1.94. The van der Waals surface area contributed by atoms with Crippen molar-refractivity contribution in [3.8, 4) is 17.4 Å². The number of ether oxygens (including phenoxy) is 2. The molecule has 2 aromatic rings. The zero-order valence-electron chi connectivity index (χ0n) is 9.97. The van der Waals surface area contributed by atoms with E-state index in [1.165, 1.54) is 0 Å². The molecule has 0 N–H and O–H groups in total. The van der Waals surface area contributed by atoms with E-state index in [2.05, 4.69) is 9.97 Å². The van der Waals surface area contributed by atoms with Crippen LogP contribution in [0.3, 0.4) is 0 Å². The summed E-state index contributed by atoms with van der Waals surface area (Å²) >= 11 is 5.64. The highest BCUT2D eigenvalue weighted by Crippen LogP contribution is 2.23. The Bertz CT molecular complexity index is 503. The van der Waals surface area contributed by atoms with Crippen LogP contribution in [0.2, 0.25) is 0 Å². The van der Waals surface area contributed by atoms with Crippen molar-refractivity contribution in [2.45, 2.75) is 12.8 Å². The molecule has 0 aliphatic rings. The number of hydrogen-bond donors (Lipinski definition) is 0. The van der Waals surface area contributed by atoms with Crippen LogP contribution in [0.25, 0.3) is 0 Å². The minimum absolute atomic E-state index is 0.340. The Morgan fingerprint density at radius 3 is 2.67 bits per heavy atom. The maximum absolute atomic E-state index is 5.64. The van der Waals surface area contributed by atoms with Crippen molar-refractivity contribution in [3.05, 3.63) is 42.4 Å².